The van der Waals surface area contributed by atoms with Gasteiger partial charge in [-0.1, -0.05) is 25.7 Å². The molecule has 0 spiro atoms. The maximum Gasteiger partial charge on any atom is 0.128 e. The molecule has 4 N–H and O–H groups in total. The van der Waals surface area contributed by atoms with Crippen LogP contribution in [0.4, 0.5) is 22.7 Å². The molecule has 0 aromatic heterocycles. The second kappa shape index (κ2) is 32.0. The Bertz CT molecular complexity index is 2520. The van der Waals surface area contributed by atoms with Gasteiger partial charge in [-0.2, -0.15) is 0 Å². The molecule has 0 aliphatic carbocycles. The molecule has 438 valence electrons. The molecule has 82 heavy (non-hydrogen) atoms. The molecule has 16 nitrogen and oxygen atoms in total. The Hall–Kier alpha value is -6.98. The van der Waals surface area contributed by atoms with Crippen LogP contribution in [0, 0.1) is 0 Å². The van der Waals surface area contributed by atoms with Gasteiger partial charge in [0.2, 0.25) is 0 Å². The van der Waals surface area contributed by atoms with E-state index in [1.54, 1.807) is 85.5 Å². The van der Waals surface area contributed by atoms with Gasteiger partial charge < -0.3 is 59.0 Å². The van der Waals surface area contributed by atoms with Crippen LogP contribution in [-0.4, -0.2) is 170 Å². The zero-order chi connectivity index (χ0) is 56.6. The molecule has 5 aromatic rings. The van der Waals surface area contributed by atoms with Gasteiger partial charge in [0.05, 0.1) is 49.2 Å². The third kappa shape index (κ3) is 19.0. The smallest absolute Gasteiger partial charge is 0.128 e. The first-order valence-electron chi connectivity index (χ1n) is 30.3. The molecule has 4 heterocycles. The van der Waals surface area contributed by atoms with E-state index in [4.69, 9.17) is 38.9 Å². The van der Waals surface area contributed by atoms with Crippen LogP contribution in [0.25, 0.3) is 0 Å². The molecule has 0 saturated carbocycles. The fourth-order valence-electron chi connectivity index (χ4n) is 11.1. The van der Waals surface area contributed by atoms with Gasteiger partial charge in [-0.15, -0.1) is 0 Å². The topological polar surface area (TPSA) is 180 Å². The molecule has 0 atom stereocenters. The normalized spacial score (nSPS) is 17.2. The van der Waals surface area contributed by atoms with Crippen LogP contribution in [0.5, 0.6) is 46.0 Å². The van der Waals surface area contributed by atoms with Crippen molar-refractivity contribution in [1.82, 2.24) is 19.6 Å². The van der Waals surface area contributed by atoms with Crippen LogP contribution in [0.15, 0.2) is 105 Å². The number of aromatic hydroxyl groups is 4. The Morgan fingerprint density at radius 3 is 0.732 bits per heavy atom. The second-order valence-corrected chi connectivity index (χ2v) is 22.2. The largest absolute Gasteiger partial charge is 0.507 e. The van der Waals surface area contributed by atoms with Crippen molar-refractivity contribution in [2.75, 3.05) is 105 Å². The summed E-state index contributed by atoms with van der Waals surface area (Å²) < 4.78 is 24.2. The fourth-order valence-corrected chi connectivity index (χ4v) is 11.1. The predicted molar refractivity (Wildman–Crippen MR) is 329 cm³/mol. The van der Waals surface area contributed by atoms with E-state index in [1.165, 1.54) is 77.0 Å². The van der Waals surface area contributed by atoms with E-state index in [9.17, 15) is 20.4 Å². The van der Waals surface area contributed by atoms with Crippen LogP contribution in [0.3, 0.4) is 0 Å². The third-order valence-electron chi connectivity index (χ3n) is 15.8. The van der Waals surface area contributed by atoms with Crippen LogP contribution in [0.2, 0.25) is 0 Å². The summed E-state index contributed by atoms with van der Waals surface area (Å²) in [6.07, 6.45) is 25.0. The van der Waals surface area contributed by atoms with Gasteiger partial charge >= 0.3 is 0 Å². The standard InChI is InChI=1S/C66H86N8O8/c75-63-41-55(79-37-13-33-71-25-5-1-6-26-71)21-17-51(63)47-67-59-45-61(69-49-53-19-23-57(43-65(53)77)81-39-15-35-73-29-9-3-10-30-73)62(70-50-54-20-24-58(44-66(54)78)82-40-16-36-74-31-11-4-12-32-74)46-60(59)68-48-52-18-22-56(42-64(52)76)80-38-14-34-72-27-7-2-8-28-72/h17-24,41-50,75-78H,1-16,25-40H2. The maximum absolute atomic E-state index is 11.3. The van der Waals surface area contributed by atoms with Crippen molar-refractivity contribution in [2.24, 2.45) is 20.0 Å². The van der Waals surface area contributed by atoms with Crippen LogP contribution < -0.4 is 18.9 Å². The van der Waals surface area contributed by atoms with E-state index >= 15 is 0 Å². The lowest BCUT2D eigenvalue weighted by Gasteiger charge is -2.26. The van der Waals surface area contributed by atoms with Crippen molar-refractivity contribution in [3.05, 3.63) is 107 Å². The number of phenols is 4. The van der Waals surface area contributed by atoms with E-state index in [0.717, 1.165) is 104 Å². The van der Waals surface area contributed by atoms with Crippen molar-refractivity contribution in [3.8, 4) is 46.0 Å². The number of nitrogens with zero attached hydrogens (tertiary/aromatic N) is 8. The van der Waals surface area contributed by atoms with E-state index < -0.39 is 0 Å². The monoisotopic (exact) mass is 1120 g/mol. The van der Waals surface area contributed by atoms with Gasteiger partial charge in [0.15, 0.2) is 0 Å². The van der Waals surface area contributed by atoms with Crippen molar-refractivity contribution in [1.29, 1.82) is 0 Å². The van der Waals surface area contributed by atoms with Crippen LogP contribution >= 0.6 is 0 Å². The average Bonchev–Trinajstić information content (AvgIpc) is 3.50. The number of phenolic OH excluding ortho intramolecular Hbond substituents is 4. The van der Waals surface area contributed by atoms with E-state index in [0.29, 0.717) is 94.4 Å². The highest BCUT2D eigenvalue weighted by Crippen LogP contribution is 2.41. The molecule has 0 amide bonds. The van der Waals surface area contributed by atoms with Crippen molar-refractivity contribution in [3.63, 3.8) is 0 Å². The van der Waals surface area contributed by atoms with Gasteiger partial charge in [0, 0.05) is 97.6 Å². The van der Waals surface area contributed by atoms with Crippen LogP contribution in [-0.2, 0) is 0 Å². The first-order chi connectivity index (χ1) is 40.3. The zero-order valence-electron chi connectivity index (χ0n) is 48.0. The van der Waals surface area contributed by atoms with E-state index in [-0.39, 0.29) is 23.0 Å². The summed E-state index contributed by atoms with van der Waals surface area (Å²) in [6, 6.07) is 24.2. The summed E-state index contributed by atoms with van der Waals surface area (Å²) in [7, 11) is 0. The molecular formula is C66H86N8O8. The summed E-state index contributed by atoms with van der Waals surface area (Å²) >= 11 is 0. The molecule has 4 fully saturated rings. The number of hydrogen-bond acceptors (Lipinski definition) is 16. The summed E-state index contributed by atoms with van der Waals surface area (Å²) in [5, 5.41) is 45.1. The van der Waals surface area contributed by atoms with Crippen molar-refractivity contribution in [2.45, 2.75) is 103 Å². The predicted octanol–water partition coefficient (Wildman–Crippen LogP) is 12.5. The zero-order valence-corrected chi connectivity index (χ0v) is 48.0. The van der Waals surface area contributed by atoms with Gasteiger partial charge in [-0.3, -0.25) is 20.0 Å². The molecule has 0 bridgehead atoms. The Kier molecular flexibility index (Phi) is 23.3. The summed E-state index contributed by atoms with van der Waals surface area (Å²) in [4.78, 5) is 29.5. The third-order valence-corrected chi connectivity index (χ3v) is 15.8. The van der Waals surface area contributed by atoms with E-state index in [2.05, 4.69) is 19.6 Å². The lowest BCUT2D eigenvalue weighted by Crippen LogP contribution is -2.31. The summed E-state index contributed by atoms with van der Waals surface area (Å²) in [5.41, 5.74) is 3.30. The highest BCUT2D eigenvalue weighted by Gasteiger charge is 2.16. The molecule has 9 rings (SSSR count). The second-order valence-electron chi connectivity index (χ2n) is 22.2. The number of aliphatic imine (C=N–C) groups is 4. The van der Waals surface area contributed by atoms with Gasteiger partial charge in [-0.05, 0) is 190 Å². The van der Waals surface area contributed by atoms with Gasteiger partial charge in [0.1, 0.15) is 46.0 Å². The highest BCUT2D eigenvalue weighted by atomic mass is 16.5. The minimum atomic E-state index is -0.000832. The molecule has 0 unspecified atom stereocenters. The van der Waals surface area contributed by atoms with Crippen LogP contribution in [0.1, 0.15) is 125 Å². The quantitative estimate of drug-likeness (QED) is 0.0275. The number of hydrogen-bond donors (Lipinski definition) is 4. The van der Waals surface area contributed by atoms with Crippen molar-refractivity contribution >= 4 is 47.6 Å². The number of rotatable bonds is 28. The van der Waals surface area contributed by atoms with E-state index in [1.807, 2.05) is 24.3 Å². The number of ether oxygens (including phenoxy) is 4. The first kappa shape index (κ1) is 59.6. The summed E-state index contributed by atoms with van der Waals surface area (Å²) in [6.45, 7) is 15.2. The molecule has 4 aliphatic heterocycles. The minimum absolute atomic E-state index is 0.000832. The fraction of sp³-hybridized carbons (Fsp3) is 0.485. The lowest BCUT2D eigenvalue weighted by molar-refractivity contribution is 0.205. The number of benzene rings is 5. The Morgan fingerprint density at radius 1 is 0.305 bits per heavy atom. The lowest BCUT2D eigenvalue weighted by atomic mass is 10.1. The molecule has 4 saturated heterocycles. The van der Waals surface area contributed by atoms with Gasteiger partial charge in [0.25, 0.3) is 0 Å². The first-order valence-corrected chi connectivity index (χ1v) is 30.3. The SMILES string of the molecule is Oc1cc(OCCCN2CCCCC2)ccc1C=Nc1cc(N=Cc2ccc(OCCCN3CCCCC3)cc2O)c(N=Cc2ccc(OCCCN3CCCCC3)cc2O)cc1N=Cc1ccc(OCCCN2CCCCC2)cc1O. The number of likely N-dealkylation sites (tertiary alicyclic amines) is 4. The highest BCUT2D eigenvalue weighted by molar-refractivity contribution is 5.95. The Labute approximate surface area is 485 Å². The van der Waals surface area contributed by atoms with Gasteiger partial charge in [-0.25, -0.2) is 0 Å². The molecule has 16 heteroatoms. The summed E-state index contributed by atoms with van der Waals surface area (Å²) in [5.74, 6) is 2.27. The minimum Gasteiger partial charge on any atom is -0.507 e. The Morgan fingerprint density at radius 2 is 0.524 bits per heavy atom. The number of piperidine rings is 4. The van der Waals surface area contributed by atoms with Crippen molar-refractivity contribution < 1.29 is 39.4 Å². The Balaban J connectivity index is 0.974. The molecule has 4 aliphatic rings. The molecule has 0 radical (unpaired) electrons. The maximum atomic E-state index is 11.3. The molecule has 5 aromatic carbocycles. The average molecular weight is 1120 g/mol. The molecular weight excluding hydrogens is 1030 g/mol.